The molecule has 2 atom stereocenters. The first-order valence-electron chi connectivity index (χ1n) is 6.37. The normalized spacial score (nSPS) is 22.7. The lowest BCUT2D eigenvalue weighted by Crippen LogP contribution is -2.36. The van der Waals surface area contributed by atoms with Crippen LogP contribution in [-0.4, -0.2) is 18.1 Å². The van der Waals surface area contributed by atoms with E-state index in [1.54, 1.807) is 0 Å². The Morgan fingerprint density at radius 3 is 2.89 bits per heavy atom. The fourth-order valence-electron chi connectivity index (χ4n) is 2.22. The smallest absolute Gasteiger partial charge is 0.323 e. The Balaban J connectivity index is 1.77. The van der Waals surface area contributed by atoms with E-state index in [0.29, 0.717) is 12.6 Å². The molecule has 96 valence electrons. The highest BCUT2D eigenvalue weighted by molar-refractivity contribution is 5.76. The molecule has 0 aliphatic carbocycles. The zero-order valence-electron chi connectivity index (χ0n) is 10.5. The Morgan fingerprint density at radius 2 is 2.17 bits per heavy atom. The van der Waals surface area contributed by atoms with Crippen LogP contribution in [0.25, 0.3) is 0 Å². The fraction of sp³-hybridized carbons (Fsp3) is 0.400. The van der Waals surface area contributed by atoms with Crippen LogP contribution in [0.4, 0.5) is 0 Å². The van der Waals surface area contributed by atoms with Gasteiger partial charge in [0.15, 0.2) is 0 Å². The number of esters is 1. The predicted octanol–water partition coefficient (Wildman–Crippen LogP) is 2.43. The number of benzene rings is 1. The highest BCUT2D eigenvalue weighted by Crippen LogP contribution is 2.16. The Kier molecular flexibility index (Phi) is 4.53. The molecule has 2 rings (SSSR count). The molecule has 1 unspecified atom stereocenters. The summed E-state index contributed by atoms with van der Waals surface area (Å²) in [7, 11) is 0. The second-order valence-electron chi connectivity index (χ2n) is 4.61. The van der Waals surface area contributed by atoms with Gasteiger partial charge in [-0.15, -0.1) is 6.58 Å². The molecule has 3 heteroatoms. The van der Waals surface area contributed by atoms with Gasteiger partial charge in [0.1, 0.15) is 12.6 Å². The third-order valence-corrected chi connectivity index (χ3v) is 3.20. The van der Waals surface area contributed by atoms with Gasteiger partial charge >= 0.3 is 5.97 Å². The third-order valence-electron chi connectivity index (χ3n) is 3.20. The van der Waals surface area contributed by atoms with Crippen LogP contribution < -0.4 is 5.32 Å². The van der Waals surface area contributed by atoms with Crippen LogP contribution >= 0.6 is 0 Å². The summed E-state index contributed by atoms with van der Waals surface area (Å²) in [5.74, 6) is -0.148. The molecule has 1 aromatic rings. The number of hydrogen-bond donors (Lipinski definition) is 1. The molecule has 18 heavy (non-hydrogen) atoms. The van der Waals surface area contributed by atoms with Gasteiger partial charge < -0.3 is 10.1 Å². The molecule has 1 heterocycles. The maximum absolute atomic E-state index is 11.9. The fourth-order valence-corrected chi connectivity index (χ4v) is 2.22. The molecular formula is C15H19NO2. The van der Waals surface area contributed by atoms with Gasteiger partial charge in [0.25, 0.3) is 0 Å². The van der Waals surface area contributed by atoms with Gasteiger partial charge in [-0.2, -0.15) is 0 Å². The predicted molar refractivity (Wildman–Crippen MR) is 71.0 cm³/mol. The monoisotopic (exact) mass is 245 g/mol. The van der Waals surface area contributed by atoms with Crippen molar-refractivity contribution < 1.29 is 9.53 Å². The van der Waals surface area contributed by atoms with Gasteiger partial charge in [-0.1, -0.05) is 36.4 Å². The Morgan fingerprint density at radius 1 is 1.39 bits per heavy atom. The summed E-state index contributed by atoms with van der Waals surface area (Å²) in [5, 5.41) is 3.28. The summed E-state index contributed by atoms with van der Waals surface area (Å²) in [6, 6.07) is 9.96. The standard InChI is InChI=1S/C15H19NO2/c1-2-6-13-9-10-14(16-13)15(17)18-11-12-7-4-3-5-8-12/h2-5,7-8,13-14,16H,1,6,9-11H2/t13?,14-/m0/s1. The van der Waals surface area contributed by atoms with Crippen molar-refractivity contribution in [2.45, 2.75) is 38.0 Å². The van der Waals surface area contributed by atoms with Crippen molar-refractivity contribution in [3.63, 3.8) is 0 Å². The number of carbonyl (C=O) groups excluding carboxylic acids is 1. The van der Waals surface area contributed by atoms with Crippen LogP contribution in [0.5, 0.6) is 0 Å². The van der Waals surface area contributed by atoms with Crippen LogP contribution in [0.15, 0.2) is 43.0 Å². The maximum atomic E-state index is 11.9. The molecule has 1 fully saturated rings. The van der Waals surface area contributed by atoms with E-state index in [1.165, 1.54) is 0 Å². The lowest BCUT2D eigenvalue weighted by molar-refractivity contribution is -0.147. The second-order valence-corrected chi connectivity index (χ2v) is 4.61. The minimum Gasteiger partial charge on any atom is -0.460 e. The van der Waals surface area contributed by atoms with E-state index >= 15 is 0 Å². The highest BCUT2D eigenvalue weighted by atomic mass is 16.5. The van der Waals surface area contributed by atoms with Crippen molar-refractivity contribution in [3.8, 4) is 0 Å². The van der Waals surface area contributed by atoms with Crippen LogP contribution in [0.3, 0.4) is 0 Å². The quantitative estimate of drug-likeness (QED) is 0.639. The molecule has 1 aromatic carbocycles. The van der Waals surface area contributed by atoms with Gasteiger partial charge in [0.05, 0.1) is 0 Å². The molecular weight excluding hydrogens is 226 g/mol. The lowest BCUT2D eigenvalue weighted by atomic mass is 10.1. The summed E-state index contributed by atoms with van der Waals surface area (Å²) in [6.07, 6.45) is 4.65. The number of ether oxygens (including phenoxy) is 1. The molecule has 0 aromatic heterocycles. The zero-order valence-corrected chi connectivity index (χ0v) is 10.5. The van der Waals surface area contributed by atoms with E-state index in [-0.39, 0.29) is 12.0 Å². The topological polar surface area (TPSA) is 38.3 Å². The molecule has 1 aliphatic rings. The summed E-state index contributed by atoms with van der Waals surface area (Å²) >= 11 is 0. The Hall–Kier alpha value is -1.61. The van der Waals surface area contributed by atoms with E-state index in [0.717, 1.165) is 24.8 Å². The summed E-state index contributed by atoms with van der Waals surface area (Å²) in [5.41, 5.74) is 1.02. The number of rotatable bonds is 5. The largest absolute Gasteiger partial charge is 0.460 e. The average Bonchev–Trinajstić information content (AvgIpc) is 2.86. The van der Waals surface area contributed by atoms with Gasteiger partial charge in [-0.25, -0.2) is 0 Å². The maximum Gasteiger partial charge on any atom is 0.323 e. The van der Waals surface area contributed by atoms with E-state index in [4.69, 9.17) is 4.74 Å². The van der Waals surface area contributed by atoms with Gasteiger partial charge in [-0.3, -0.25) is 4.79 Å². The molecule has 0 saturated carbocycles. The third kappa shape index (κ3) is 3.44. The van der Waals surface area contributed by atoms with Crippen molar-refractivity contribution in [1.82, 2.24) is 5.32 Å². The first-order chi connectivity index (χ1) is 8.79. The van der Waals surface area contributed by atoms with E-state index in [1.807, 2.05) is 36.4 Å². The van der Waals surface area contributed by atoms with E-state index in [2.05, 4.69) is 11.9 Å². The van der Waals surface area contributed by atoms with Crippen LogP contribution in [0.2, 0.25) is 0 Å². The van der Waals surface area contributed by atoms with Crippen molar-refractivity contribution in [2.24, 2.45) is 0 Å². The molecule has 1 saturated heterocycles. The molecule has 0 spiro atoms. The van der Waals surface area contributed by atoms with Crippen LogP contribution in [0, 0.1) is 0 Å². The minimum absolute atomic E-state index is 0.148. The van der Waals surface area contributed by atoms with E-state index in [9.17, 15) is 4.79 Å². The van der Waals surface area contributed by atoms with Crippen LogP contribution in [-0.2, 0) is 16.1 Å². The van der Waals surface area contributed by atoms with E-state index < -0.39 is 0 Å². The first kappa shape index (κ1) is 12.8. The summed E-state index contributed by atoms with van der Waals surface area (Å²) in [6.45, 7) is 4.07. The Bertz CT molecular complexity index is 402. The zero-order chi connectivity index (χ0) is 12.8. The SMILES string of the molecule is C=CCC1CC[C@@H](C(=O)OCc2ccccc2)N1. The molecule has 3 nitrogen and oxygen atoms in total. The van der Waals surface area contributed by atoms with Crippen molar-refractivity contribution in [1.29, 1.82) is 0 Å². The number of hydrogen-bond acceptors (Lipinski definition) is 3. The van der Waals surface area contributed by atoms with Crippen molar-refractivity contribution in [2.75, 3.05) is 0 Å². The number of nitrogens with one attached hydrogen (secondary N) is 1. The molecule has 0 bridgehead atoms. The minimum atomic E-state index is -0.154. The first-order valence-corrected chi connectivity index (χ1v) is 6.37. The summed E-state index contributed by atoms with van der Waals surface area (Å²) in [4.78, 5) is 11.9. The van der Waals surface area contributed by atoms with Gasteiger partial charge in [-0.05, 0) is 24.8 Å². The second kappa shape index (κ2) is 6.36. The van der Waals surface area contributed by atoms with Crippen LogP contribution in [0.1, 0.15) is 24.8 Å². The number of carbonyl (C=O) groups is 1. The Labute approximate surface area is 108 Å². The average molecular weight is 245 g/mol. The molecule has 1 aliphatic heterocycles. The van der Waals surface area contributed by atoms with Gasteiger partial charge in [0, 0.05) is 6.04 Å². The molecule has 0 radical (unpaired) electrons. The van der Waals surface area contributed by atoms with Crippen molar-refractivity contribution >= 4 is 5.97 Å². The van der Waals surface area contributed by atoms with Crippen molar-refractivity contribution in [3.05, 3.63) is 48.6 Å². The summed E-state index contributed by atoms with van der Waals surface area (Å²) < 4.78 is 5.31. The van der Waals surface area contributed by atoms with Gasteiger partial charge in [0.2, 0.25) is 0 Å². The highest BCUT2D eigenvalue weighted by Gasteiger charge is 2.29. The molecule has 1 N–H and O–H groups in total. The molecule has 0 amide bonds. The lowest BCUT2D eigenvalue weighted by Gasteiger charge is -2.12.